The maximum Gasteiger partial charge on any atom is 0.138 e. The van der Waals surface area contributed by atoms with E-state index in [1.807, 2.05) is 0 Å². The maximum absolute atomic E-state index is 5.69. The predicted molar refractivity (Wildman–Crippen MR) is 56.1 cm³/mol. The summed E-state index contributed by atoms with van der Waals surface area (Å²) in [4.78, 5) is 3.88. The average Bonchev–Trinajstić information content (AvgIpc) is 2.11. The van der Waals surface area contributed by atoms with E-state index in [0.717, 1.165) is 10.9 Å². The van der Waals surface area contributed by atoms with Crippen molar-refractivity contribution in [3.8, 4) is 5.75 Å². The fourth-order valence-corrected chi connectivity index (χ4v) is 1.25. The lowest BCUT2D eigenvalue weighted by molar-refractivity contribution is 0.311. The van der Waals surface area contributed by atoms with Gasteiger partial charge in [-0.15, -0.1) is 0 Å². The Labute approximate surface area is 90.4 Å². The van der Waals surface area contributed by atoms with Crippen LogP contribution in [0.5, 0.6) is 5.75 Å². The molecule has 0 bridgehead atoms. The molecule has 2 N–H and O–H groups in total. The van der Waals surface area contributed by atoms with Crippen molar-refractivity contribution < 1.29 is 4.74 Å². The van der Waals surface area contributed by atoms with Gasteiger partial charge in [0, 0.05) is 12.3 Å². The van der Waals surface area contributed by atoms with E-state index >= 15 is 0 Å². The summed E-state index contributed by atoms with van der Waals surface area (Å²) in [7, 11) is 0. The molecule has 0 aliphatic heterocycles. The van der Waals surface area contributed by atoms with Crippen LogP contribution in [0.1, 0.15) is 6.42 Å². The smallest absolute Gasteiger partial charge is 0.138 e. The van der Waals surface area contributed by atoms with E-state index < -0.39 is 0 Å². The lowest BCUT2D eigenvalue weighted by Crippen LogP contribution is -2.06. The van der Waals surface area contributed by atoms with Crippen molar-refractivity contribution in [3.63, 3.8) is 0 Å². The Morgan fingerprint density at radius 1 is 1.62 bits per heavy atom. The Kier molecular flexibility index (Phi) is 4.48. The molecule has 0 saturated heterocycles. The van der Waals surface area contributed by atoms with Crippen LogP contribution in [0.4, 0.5) is 0 Å². The minimum Gasteiger partial charge on any atom is -0.492 e. The lowest BCUT2D eigenvalue weighted by atomic mass is 10.4. The minimum absolute atomic E-state index is 0.422. The van der Waals surface area contributed by atoms with Crippen LogP contribution in [0.2, 0.25) is 5.15 Å². The molecule has 0 amide bonds. The number of hydrogen-bond donors (Lipinski definition) is 1. The highest BCUT2D eigenvalue weighted by atomic mass is 79.9. The predicted octanol–water partition coefficient (Wildman–Crippen LogP) is 2.23. The van der Waals surface area contributed by atoms with Gasteiger partial charge >= 0.3 is 0 Å². The molecule has 0 saturated carbocycles. The van der Waals surface area contributed by atoms with Crippen molar-refractivity contribution in [1.82, 2.24) is 4.98 Å². The van der Waals surface area contributed by atoms with Crippen LogP contribution in [0, 0.1) is 0 Å². The van der Waals surface area contributed by atoms with Crippen molar-refractivity contribution in [2.75, 3.05) is 13.2 Å². The Morgan fingerprint density at radius 3 is 3.08 bits per heavy atom. The molecule has 5 heteroatoms. The quantitative estimate of drug-likeness (QED) is 0.671. The number of ether oxygens (including phenoxy) is 1. The second-order valence-corrected chi connectivity index (χ2v) is 3.67. The summed E-state index contributed by atoms with van der Waals surface area (Å²) in [5.74, 6) is 0.702. The number of hydrogen-bond acceptors (Lipinski definition) is 3. The van der Waals surface area contributed by atoms with E-state index in [9.17, 15) is 0 Å². The summed E-state index contributed by atoms with van der Waals surface area (Å²) in [6, 6.07) is 1.67. The number of nitrogens with zero attached hydrogens (tertiary/aromatic N) is 1. The highest BCUT2D eigenvalue weighted by molar-refractivity contribution is 9.10. The molecular formula is C8H10BrClN2O. The first-order chi connectivity index (χ1) is 6.24. The van der Waals surface area contributed by atoms with E-state index in [0.29, 0.717) is 24.1 Å². The molecule has 0 aliphatic carbocycles. The molecule has 1 aromatic rings. The normalized spacial score (nSPS) is 10.1. The number of nitrogens with two attached hydrogens (primary N) is 1. The lowest BCUT2D eigenvalue weighted by Gasteiger charge is -2.06. The van der Waals surface area contributed by atoms with Crippen molar-refractivity contribution in [2.24, 2.45) is 5.73 Å². The first-order valence-corrected chi connectivity index (χ1v) is 5.05. The summed E-state index contributed by atoms with van der Waals surface area (Å²) in [5, 5.41) is 0.422. The van der Waals surface area contributed by atoms with Gasteiger partial charge in [-0.3, -0.25) is 0 Å². The third-order valence-corrected chi connectivity index (χ3v) is 2.20. The highest BCUT2D eigenvalue weighted by Crippen LogP contribution is 2.26. The fourth-order valence-electron chi connectivity index (χ4n) is 0.772. The Hall–Kier alpha value is -0.320. The number of aromatic nitrogens is 1. The number of rotatable bonds is 4. The van der Waals surface area contributed by atoms with Crippen LogP contribution >= 0.6 is 27.5 Å². The zero-order valence-corrected chi connectivity index (χ0v) is 9.31. The zero-order chi connectivity index (χ0) is 9.68. The molecule has 0 aromatic carbocycles. The van der Waals surface area contributed by atoms with Crippen LogP contribution in [0.3, 0.4) is 0 Å². The van der Waals surface area contributed by atoms with Gasteiger partial charge in [-0.1, -0.05) is 11.6 Å². The Morgan fingerprint density at radius 2 is 2.38 bits per heavy atom. The molecule has 1 heterocycles. The number of halogens is 2. The average molecular weight is 266 g/mol. The molecule has 72 valence electrons. The van der Waals surface area contributed by atoms with Gasteiger partial charge in [0.1, 0.15) is 10.9 Å². The van der Waals surface area contributed by atoms with Crippen LogP contribution in [-0.4, -0.2) is 18.1 Å². The first kappa shape index (κ1) is 10.8. The maximum atomic E-state index is 5.69. The summed E-state index contributed by atoms with van der Waals surface area (Å²) in [6.45, 7) is 1.21. The fraction of sp³-hybridized carbons (Fsp3) is 0.375. The van der Waals surface area contributed by atoms with E-state index in [-0.39, 0.29) is 0 Å². The van der Waals surface area contributed by atoms with Gasteiger partial charge in [-0.2, -0.15) is 0 Å². The Balaban J connectivity index is 2.59. The molecule has 0 unspecified atom stereocenters. The van der Waals surface area contributed by atoms with Crippen LogP contribution in [0.15, 0.2) is 16.7 Å². The van der Waals surface area contributed by atoms with Gasteiger partial charge in [0.25, 0.3) is 0 Å². The van der Waals surface area contributed by atoms with Crippen LogP contribution in [-0.2, 0) is 0 Å². The summed E-state index contributed by atoms with van der Waals surface area (Å²) in [6.07, 6.45) is 2.44. The summed E-state index contributed by atoms with van der Waals surface area (Å²) < 4.78 is 6.21. The second-order valence-electron chi connectivity index (χ2n) is 2.43. The van der Waals surface area contributed by atoms with Gasteiger partial charge < -0.3 is 10.5 Å². The molecule has 0 fully saturated rings. The van der Waals surface area contributed by atoms with Crippen molar-refractivity contribution in [3.05, 3.63) is 21.9 Å². The minimum atomic E-state index is 0.422. The van der Waals surface area contributed by atoms with E-state index in [1.165, 1.54) is 0 Å². The second kappa shape index (κ2) is 5.42. The molecule has 1 aromatic heterocycles. The van der Waals surface area contributed by atoms with Gasteiger partial charge in [-0.05, 0) is 28.9 Å². The third kappa shape index (κ3) is 3.50. The highest BCUT2D eigenvalue weighted by Gasteiger charge is 2.01. The van der Waals surface area contributed by atoms with Crippen molar-refractivity contribution in [1.29, 1.82) is 0 Å². The van der Waals surface area contributed by atoms with Crippen LogP contribution < -0.4 is 10.5 Å². The van der Waals surface area contributed by atoms with Gasteiger partial charge in [0.05, 0.1) is 11.1 Å². The molecule has 1 rings (SSSR count). The van der Waals surface area contributed by atoms with E-state index in [1.54, 1.807) is 12.3 Å². The molecule has 0 spiro atoms. The van der Waals surface area contributed by atoms with Crippen molar-refractivity contribution >= 4 is 27.5 Å². The monoisotopic (exact) mass is 264 g/mol. The molecule has 0 atom stereocenters. The molecule has 13 heavy (non-hydrogen) atoms. The largest absolute Gasteiger partial charge is 0.492 e. The van der Waals surface area contributed by atoms with E-state index in [4.69, 9.17) is 22.1 Å². The topological polar surface area (TPSA) is 48.1 Å². The van der Waals surface area contributed by atoms with Gasteiger partial charge in [0.2, 0.25) is 0 Å². The summed E-state index contributed by atoms with van der Waals surface area (Å²) in [5.41, 5.74) is 5.33. The zero-order valence-electron chi connectivity index (χ0n) is 6.96. The molecule has 3 nitrogen and oxygen atoms in total. The molecular weight excluding hydrogens is 255 g/mol. The van der Waals surface area contributed by atoms with Crippen molar-refractivity contribution in [2.45, 2.75) is 6.42 Å². The van der Waals surface area contributed by atoms with Gasteiger partial charge in [-0.25, -0.2) is 4.98 Å². The Bertz CT molecular complexity index is 283. The van der Waals surface area contributed by atoms with E-state index in [2.05, 4.69) is 20.9 Å². The van der Waals surface area contributed by atoms with Gasteiger partial charge in [0.15, 0.2) is 0 Å². The third-order valence-electron chi connectivity index (χ3n) is 1.39. The molecule has 0 aliphatic rings. The first-order valence-electron chi connectivity index (χ1n) is 3.88. The summed E-state index contributed by atoms with van der Waals surface area (Å²) >= 11 is 9.00. The number of pyridine rings is 1. The van der Waals surface area contributed by atoms with Crippen LogP contribution in [0.25, 0.3) is 0 Å². The SMILES string of the molecule is NCCCOc1cc(Cl)ncc1Br. The standard InChI is InChI=1S/C8H10BrClN2O/c9-6-5-12-8(10)4-7(6)13-3-1-2-11/h4-5H,1-3,11H2. The molecule has 0 radical (unpaired) electrons.